The van der Waals surface area contributed by atoms with Crippen molar-refractivity contribution in [2.45, 2.75) is 40.0 Å². The Morgan fingerprint density at radius 1 is 1.29 bits per heavy atom. The van der Waals surface area contributed by atoms with Crippen molar-refractivity contribution in [2.24, 2.45) is 5.41 Å². The number of anilines is 2. The van der Waals surface area contributed by atoms with Gasteiger partial charge in [-0.15, -0.1) is 0 Å². The van der Waals surface area contributed by atoms with Crippen molar-refractivity contribution in [3.63, 3.8) is 0 Å². The Hall–Kier alpha value is -1.32. The third-order valence-corrected chi connectivity index (χ3v) is 3.64. The first-order valence-corrected chi connectivity index (χ1v) is 6.50. The van der Waals surface area contributed by atoms with Crippen molar-refractivity contribution in [3.05, 3.63) is 11.8 Å². The van der Waals surface area contributed by atoms with Crippen LogP contribution in [0.1, 0.15) is 38.7 Å². The van der Waals surface area contributed by atoms with Crippen LogP contribution < -0.4 is 10.6 Å². The lowest BCUT2D eigenvalue weighted by Crippen LogP contribution is -2.16. The van der Waals surface area contributed by atoms with Gasteiger partial charge in [0.25, 0.3) is 0 Å². The lowest BCUT2D eigenvalue weighted by molar-refractivity contribution is 0.520. The lowest BCUT2D eigenvalue weighted by atomic mass is 10.0. The fourth-order valence-electron chi connectivity index (χ4n) is 1.97. The topological polar surface area (TPSA) is 49.8 Å². The van der Waals surface area contributed by atoms with E-state index in [0.717, 1.165) is 24.5 Å². The maximum Gasteiger partial charge on any atom is 0.224 e. The van der Waals surface area contributed by atoms with Crippen LogP contribution in [0.3, 0.4) is 0 Å². The average molecular weight is 234 g/mol. The molecule has 2 N–H and O–H groups in total. The molecule has 94 valence electrons. The normalized spacial score (nSPS) is 16.6. The summed E-state index contributed by atoms with van der Waals surface area (Å²) in [6.07, 6.45) is 5.82. The predicted octanol–water partition coefficient (Wildman–Crippen LogP) is 2.82. The molecule has 1 aliphatic carbocycles. The Morgan fingerprint density at radius 3 is 2.65 bits per heavy atom. The summed E-state index contributed by atoms with van der Waals surface area (Å²) in [7, 11) is 0. The monoisotopic (exact) mass is 234 g/mol. The van der Waals surface area contributed by atoms with Crippen molar-refractivity contribution in [1.82, 2.24) is 9.97 Å². The van der Waals surface area contributed by atoms with Gasteiger partial charge in [0.15, 0.2) is 0 Å². The molecule has 1 heterocycles. The number of nitrogens with zero attached hydrogens (tertiary/aromatic N) is 2. The Bertz CT molecular complexity index is 385. The van der Waals surface area contributed by atoms with Gasteiger partial charge in [0.1, 0.15) is 5.82 Å². The quantitative estimate of drug-likeness (QED) is 0.794. The highest BCUT2D eigenvalue weighted by Gasteiger charge is 2.40. The van der Waals surface area contributed by atoms with Gasteiger partial charge in [0.2, 0.25) is 5.95 Å². The van der Waals surface area contributed by atoms with Gasteiger partial charge in [-0.25, -0.2) is 4.98 Å². The Balaban J connectivity index is 2.01. The molecule has 1 aromatic rings. The second-order valence-electron chi connectivity index (χ2n) is 4.96. The van der Waals surface area contributed by atoms with Gasteiger partial charge in [-0.05, 0) is 38.5 Å². The SMILES string of the molecule is CCNc1ncc(C)c(NCC2(CC)CC2)n1. The summed E-state index contributed by atoms with van der Waals surface area (Å²) in [5, 5.41) is 6.61. The van der Waals surface area contributed by atoms with Gasteiger partial charge >= 0.3 is 0 Å². The van der Waals surface area contributed by atoms with Gasteiger partial charge in [-0.2, -0.15) is 4.98 Å². The Labute approximate surface area is 103 Å². The summed E-state index contributed by atoms with van der Waals surface area (Å²) in [4.78, 5) is 8.74. The van der Waals surface area contributed by atoms with E-state index in [2.05, 4.69) is 27.5 Å². The number of rotatable bonds is 6. The van der Waals surface area contributed by atoms with Crippen LogP contribution in [0.15, 0.2) is 6.20 Å². The van der Waals surface area contributed by atoms with Crippen molar-refractivity contribution in [2.75, 3.05) is 23.7 Å². The standard InChI is InChI=1S/C13H22N4/c1-4-13(6-7-13)9-16-11-10(3)8-15-12(17-11)14-5-2/h8H,4-7,9H2,1-3H3,(H2,14,15,16,17). The molecule has 0 spiro atoms. The zero-order valence-corrected chi connectivity index (χ0v) is 11.0. The van der Waals surface area contributed by atoms with Crippen molar-refractivity contribution >= 4 is 11.8 Å². The third-order valence-electron chi connectivity index (χ3n) is 3.64. The zero-order valence-electron chi connectivity index (χ0n) is 11.0. The highest BCUT2D eigenvalue weighted by atomic mass is 15.1. The van der Waals surface area contributed by atoms with Gasteiger partial charge in [0, 0.05) is 24.8 Å². The second-order valence-corrected chi connectivity index (χ2v) is 4.96. The van der Waals surface area contributed by atoms with E-state index in [1.54, 1.807) is 0 Å². The summed E-state index contributed by atoms with van der Waals surface area (Å²) in [5.41, 5.74) is 1.65. The van der Waals surface area contributed by atoms with Crippen LogP contribution in [0.25, 0.3) is 0 Å². The molecular formula is C13H22N4. The molecule has 4 nitrogen and oxygen atoms in total. The van der Waals surface area contributed by atoms with E-state index < -0.39 is 0 Å². The average Bonchev–Trinajstić information content (AvgIpc) is 3.11. The number of aryl methyl sites for hydroxylation is 1. The van der Waals surface area contributed by atoms with Crippen LogP contribution in [-0.4, -0.2) is 23.1 Å². The highest BCUT2D eigenvalue weighted by molar-refractivity contribution is 5.46. The number of aromatic nitrogens is 2. The molecule has 1 fully saturated rings. The first-order valence-electron chi connectivity index (χ1n) is 6.50. The molecule has 0 unspecified atom stereocenters. The number of hydrogen-bond donors (Lipinski definition) is 2. The molecule has 0 aromatic carbocycles. The predicted molar refractivity (Wildman–Crippen MR) is 71.4 cm³/mol. The summed E-state index contributed by atoms with van der Waals surface area (Å²) in [5.74, 6) is 1.68. The first kappa shape index (κ1) is 12.1. The minimum Gasteiger partial charge on any atom is -0.369 e. The van der Waals surface area contributed by atoms with Crippen molar-refractivity contribution in [3.8, 4) is 0 Å². The van der Waals surface area contributed by atoms with E-state index in [4.69, 9.17) is 0 Å². The van der Waals surface area contributed by atoms with Gasteiger partial charge in [-0.3, -0.25) is 0 Å². The highest BCUT2D eigenvalue weighted by Crippen LogP contribution is 2.48. The summed E-state index contributed by atoms with van der Waals surface area (Å²) >= 11 is 0. The van der Waals surface area contributed by atoms with Crippen molar-refractivity contribution < 1.29 is 0 Å². The van der Waals surface area contributed by atoms with Crippen LogP contribution in [0.5, 0.6) is 0 Å². The fraction of sp³-hybridized carbons (Fsp3) is 0.692. The molecule has 0 saturated heterocycles. The van der Waals surface area contributed by atoms with E-state index in [-0.39, 0.29) is 0 Å². The van der Waals surface area contributed by atoms with Crippen LogP contribution in [0.2, 0.25) is 0 Å². The largest absolute Gasteiger partial charge is 0.369 e. The molecule has 0 radical (unpaired) electrons. The molecule has 2 rings (SSSR count). The molecule has 1 aromatic heterocycles. The Kier molecular flexibility index (Phi) is 3.50. The number of hydrogen-bond acceptors (Lipinski definition) is 4. The summed E-state index contributed by atoms with van der Waals surface area (Å²) < 4.78 is 0. The second kappa shape index (κ2) is 4.90. The Morgan fingerprint density at radius 2 is 2.06 bits per heavy atom. The maximum atomic E-state index is 4.49. The van der Waals surface area contributed by atoms with Gasteiger partial charge in [0.05, 0.1) is 0 Å². The molecule has 1 aliphatic rings. The zero-order chi connectivity index (χ0) is 12.3. The van der Waals surface area contributed by atoms with Gasteiger partial charge < -0.3 is 10.6 Å². The van der Waals surface area contributed by atoms with E-state index in [1.807, 2.05) is 20.0 Å². The minimum atomic E-state index is 0.537. The van der Waals surface area contributed by atoms with Crippen LogP contribution in [0.4, 0.5) is 11.8 Å². The minimum absolute atomic E-state index is 0.537. The third kappa shape index (κ3) is 2.87. The maximum absolute atomic E-state index is 4.49. The molecule has 0 aliphatic heterocycles. The van der Waals surface area contributed by atoms with Gasteiger partial charge in [-0.1, -0.05) is 6.92 Å². The molecule has 4 heteroatoms. The van der Waals surface area contributed by atoms with Crippen LogP contribution >= 0.6 is 0 Å². The molecule has 17 heavy (non-hydrogen) atoms. The molecule has 1 saturated carbocycles. The first-order chi connectivity index (χ1) is 8.19. The van der Waals surface area contributed by atoms with Crippen molar-refractivity contribution in [1.29, 1.82) is 0 Å². The summed E-state index contributed by atoms with van der Waals surface area (Å²) in [6, 6.07) is 0. The lowest BCUT2D eigenvalue weighted by Gasteiger charge is -2.15. The molecular weight excluding hydrogens is 212 g/mol. The van der Waals surface area contributed by atoms with E-state index in [0.29, 0.717) is 11.4 Å². The molecule has 0 bridgehead atoms. The smallest absolute Gasteiger partial charge is 0.224 e. The van der Waals surface area contributed by atoms with Crippen LogP contribution in [-0.2, 0) is 0 Å². The van der Waals surface area contributed by atoms with E-state index >= 15 is 0 Å². The van der Waals surface area contributed by atoms with E-state index in [9.17, 15) is 0 Å². The van der Waals surface area contributed by atoms with E-state index in [1.165, 1.54) is 19.3 Å². The summed E-state index contributed by atoms with van der Waals surface area (Å²) in [6.45, 7) is 8.25. The molecule has 0 atom stereocenters. The fourth-order valence-corrected chi connectivity index (χ4v) is 1.97. The van der Waals surface area contributed by atoms with Crippen LogP contribution in [0, 0.1) is 12.3 Å². The molecule has 0 amide bonds. The number of nitrogens with one attached hydrogen (secondary N) is 2.